The van der Waals surface area contributed by atoms with Crippen molar-refractivity contribution in [2.45, 2.75) is 6.42 Å². The number of ether oxygens (including phenoxy) is 1. The highest BCUT2D eigenvalue weighted by Crippen LogP contribution is 2.29. The van der Waals surface area contributed by atoms with Gasteiger partial charge in [0.1, 0.15) is 12.4 Å². The number of fused-ring (bicyclic) bond motifs is 2. The standard InChI is InChI=1S/C20H17BrN2O2/c21-16-5-6-19-14(10-16)9-15(12-25-19)20(24)22-8-7-13-11-23-18-4-2-1-3-17(13)18/h1-6,9-11,23H,7-8,12H2,(H,22,24). The smallest absolute Gasteiger partial charge is 0.250 e. The van der Waals surface area contributed by atoms with Crippen LogP contribution < -0.4 is 10.1 Å². The number of halogens is 1. The van der Waals surface area contributed by atoms with E-state index in [1.807, 2.05) is 42.6 Å². The molecule has 4 nitrogen and oxygen atoms in total. The number of carbonyl (C=O) groups is 1. The Kier molecular flexibility index (Phi) is 4.32. The van der Waals surface area contributed by atoms with Crippen LogP contribution in [0.1, 0.15) is 11.1 Å². The number of carbonyl (C=O) groups excluding carboxylic acids is 1. The van der Waals surface area contributed by atoms with Crippen molar-refractivity contribution in [3.8, 4) is 5.75 Å². The first-order chi connectivity index (χ1) is 12.2. The second-order valence-electron chi connectivity index (χ2n) is 6.01. The monoisotopic (exact) mass is 396 g/mol. The number of nitrogens with one attached hydrogen (secondary N) is 2. The molecule has 0 atom stereocenters. The molecule has 0 bridgehead atoms. The first-order valence-corrected chi connectivity index (χ1v) is 8.96. The molecule has 0 fully saturated rings. The normalized spacial score (nSPS) is 13.1. The van der Waals surface area contributed by atoms with Crippen LogP contribution in [0.15, 0.2) is 58.7 Å². The average molecular weight is 397 g/mol. The van der Waals surface area contributed by atoms with Crippen molar-refractivity contribution in [1.82, 2.24) is 10.3 Å². The van der Waals surface area contributed by atoms with E-state index in [4.69, 9.17) is 4.74 Å². The number of para-hydroxylation sites is 1. The van der Waals surface area contributed by atoms with E-state index >= 15 is 0 Å². The third-order valence-corrected chi connectivity index (χ3v) is 4.82. The van der Waals surface area contributed by atoms with E-state index < -0.39 is 0 Å². The second-order valence-corrected chi connectivity index (χ2v) is 6.92. The Morgan fingerprint density at radius 1 is 1.24 bits per heavy atom. The summed E-state index contributed by atoms with van der Waals surface area (Å²) in [5, 5.41) is 4.19. The Balaban J connectivity index is 1.41. The Labute approximate surface area is 154 Å². The summed E-state index contributed by atoms with van der Waals surface area (Å²) in [5.41, 5.74) is 3.89. The lowest BCUT2D eigenvalue weighted by molar-refractivity contribution is -0.117. The van der Waals surface area contributed by atoms with E-state index in [2.05, 4.69) is 38.4 Å². The lowest BCUT2D eigenvalue weighted by atomic mass is 10.1. The topological polar surface area (TPSA) is 54.1 Å². The molecule has 0 saturated carbocycles. The summed E-state index contributed by atoms with van der Waals surface area (Å²) < 4.78 is 6.63. The molecule has 0 unspecified atom stereocenters. The fraction of sp³-hybridized carbons (Fsp3) is 0.150. The third-order valence-electron chi connectivity index (χ3n) is 4.33. The quantitative estimate of drug-likeness (QED) is 0.698. The summed E-state index contributed by atoms with van der Waals surface area (Å²) in [5.74, 6) is 0.726. The van der Waals surface area contributed by atoms with E-state index in [1.165, 1.54) is 10.9 Å². The molecule has 0 aliphatic carbocycles. The van der Waals surface area contributed by atoms with Crippen molar-refractivity contribution in [2.75, 3.05) is 13.2 Å². The van der Waals surface area contributed by atoms with Gasteiger partial charge in [0.15, 0.2) is 0 Å². The molecule has 0 saturated heterocycles. The van der Waals surface area contributed by atoms with Crippen molar-refractivity contribution in [3.63, 3.8) is 0 Å². The summed E-state index contributed by atoms with van der Waals surface area (Å²) in [6.45, 7) is 0.886. The maximum absolute atomic E-state index is 12.4. The molecule has 5 heteroatoms. The predicted molar refractivity (Wildman–Crippen MR) is 103 cm³/mol. The van der Waals surface area contributed by atoms with Gasteiger partial charge in [-0.05, 0) is 42.3 Å². The van der Waals surface area contributed by atoms with E-state index in [9.17, 15) is 4.79 Å². The summed E-state index contributed by atoms with van der Waals surface area (Å²) >= 11 is 3.44. The predicted octanol–water partition coefficient (Wildman–Crippen LogP) is 4.07. The largest absolute Gasteiger partial charge is 0.488 e. The number of rotatable bonds is 4. The van der Waals surface area contributed by atoms with Crippen molar-refractivity contribution in [2.24, 2.45) is 0 Å². The van der Waals surface area contributed by atoms with Gasteiger partial charge in [-0.2, -0.15) is 0 Å². The molecule has 1 aliphatic rings. The first-order valence-electron chi connectivity index (χ1n) is 8.17. The summed E-state index contributed by atoms with van der Waals surface area (Å²) in [6, 6.07) is 14.0. The molecule has 3 aromatic rings. The van der Waals surface area contributed by atoms with Crippen LogP contribution in [-0.4, -0.2) is 24.0 Å². The zero-order chi connectivity index (χ0) is 17.2. The summed E-state index contributed by atoms with van der Waals surface area (Å²) in [7, 11) is 0. The molecule has 25 heavy (non-hydrogen) atoms. The van der Waals surface area contributed by atoms with E-state index in [1.54, 1.807) is 0 Å². The highest BCUT2D eigenvalue weighted by molar-refractivity contribution is 9.10. The molecule has 126 valence electrons. The minimum Gasteiger partial charge on any atom is -0.488 e. The van der Waals surface area contributed by atoms with Gasteiger partial charge >= 0.3 is 0 Å². The van der Waals surface area contributed by atoms with Crippen LogP contribution in [0.2, 0.25) is 0 Å². The molecule has 1 amide bonds. The molecule has 2 heterocycles. The maximum Gasteiger partial charge on any atom is 0.250 e. The van der Waals surface area contributed by atoms with Crippen LogP contribution in [-0.2, 0) is 11.2 Å². The van der Waals surface area contributed by atoms with Gasteiger partial charge in [-0.15, -0.1) is 0 Å². The van der Waals surface area contributed by atoms with Gasteiger partial charge < -0.3 is 15.0 Å². The van der Waals surface area contributed by atoms with Gasteiger partial charge in [0, 0.05) is 33.7 Å². The molecule has 1 aliphatic heterocycles. The third kappa shape index (κ3) is 3.33. The number of H-pyrrole nitrogens is 1. The molecule has 2 N–H and O–H groups in total. The average Bonchev–Trinajstić information content (AvgIpc) is 3.04. The van der Waals surface area contributed by atoms with Crippen molar-refractivity contribution in [3.05, 3.63) is 69.8 Å². The zero-order valence-corrected chi connectivity index (χ0v) is 15.1. The van der Waals surface area contributed by atoms with Crippen LogP contribution in [0.3, 0.4) is 0 Å². The number of amides is 1. The highest BCUT2D eigenvalue weighted by atomic mass is 79.9. The van der Waals surface area contributed by atoms with Gasteiger partial charge in [-0.3, -0.25) is 4.79 Å². The fourth-order valence-electron chi connectivity index (χ4n) is 3.04. The van der Waals surface area contributed by atoms with Gasteiger partial charge in [0.2, 0.25) is 0 Å². The van der Waals surface area contributed by atoms with Crippen molar-refractivity contribution >= 4 is 38.8 Å². The van der Waals surface area contributed by atoms with Crippen LogP contribution in [0.25, 0.3) is 17.0 Å². The maximum atomic E-state index is 12.4. The van der Waals surface area contributed by atoms with E-state index in [0.29, 0.717) is 18.7 Å². The fourth-order valence-corrected chi connectivity index (χ4v) is 3.42. The van der Waals surface area contributed by atoms with Gasteiger partial charge in [0.25, 0.3) is 5.91 Å². The molecule has 2 aromatic carbocycles. The van der Waals surface area contributed by atoms with Gasteiger partial charge in [0.05, 0.1) is 5.57 Å². The number of aromatic amines is 1. The Morgan fingerprint density at radius 3 is 3.04 bits per heavy atom. The number of hydrogen-bond acceptors (Lipinski definition) is 2. The lowest BCUT2D eigenvalue weighted by Crippen LogP contribution is -2.30. The number of benzene rings is 2. The zero-order valence-electron chi connectivity index (χ0n) is 13.5. The molecule has 0 spiro atoms. The molecule has 1 aromatic heterocycles. The first kappa shape index (κ1) is 16.0. The van der Waals surface area contributed by atoms with E-state index in [0.717, 1.165) is 27.7 Å². The highest BCUT2D eigenvalue weighted by Gasteiger charge is 2.17. The minimum atomic E-state index is -0.0783. The van der Waals surface area contributed by atoms with E-state index in [-0.39, 0.29) is 5.91 Å². The Bertz CT molecular complexity index is 975. The lowest BCUT2D eigenvalue weighted by Gasteiger charge is -2.17. The second kappa shape index (κ2) is 6.76. The Hall–Kier alpha value is -2.53. The van der Waals surface area contributed by atoms with Gasteiger partial charge in [-0.25, -0.2) is 0 Å². The Morgan fingerprint density at radius 2 is 2.12 bits per heavy atom. The SMILES string of the molecule is O=C(NCCc1c[nH]c2ccccc12)C1=Cc2cc(Br)ccc2OC1. The number of hydrogen-bond donors (Lipinski definition) is 2. The summed E-state index contributed by atoms with van der Waals surface area (Å²) in [4.78, 5) is 15.7. The van der Waals surface area contributed by atoms with Crippen LogP contribution in [0, 0.1) is 0 Å². The molecule has 0 radical (unpaired) electrons. The minimum absolute atomic E-state index is 0.0783. The van der Waals surface area contributed by atoms with Crippen molar-refractivity contribution < 1.29 is 9.53 Å². The summed E-state index contributed by atoms with van der Waals surface area (Å²) in [6.07, 6.45) is 4.68. The molecular formula is C20H17BrN2O2. The van der Waals surface area contributed by atoms with Crippen LogP contribution in [0.5, 0.6) is 5.75 Å². The molecule has 4 rings (SSSR count). The van der Waals surface area contributed by atoms with Crippen LogP contribution in [0.4, 0.5) is 0 Å². The molecular weight excluding hydrogens is 380 g/mol. The van der Waals surface area contributed by atoms with Gasteiger partial charge in [-0.1, -0.05) is 34.1 Å². The number of aromatic nitrogens is 1. The van der Waals surface area contributed by atoms with Crippen molar-refractivity contribution in [1.29, 1.82) is 0 Å². The van der Waals surface area contributed by atoms with Crippen LogP contribution >= 0.6 is 15.9 Å².